The lowest BCUT2D eigenvalue weighted by molar-refractivity contribution is -0.132. The third kappa shape index (κ3) is 5.96. The second-order valence-electron chi connectivity index (χ2n) is 8.94. The van der Waals surface area contributed by atoms with Gasteiger partial charge in [-0.3, -0.25) is 9.59 Å². The molecule has 0 radical (unpaired) electrons. The Morgan fingerprint density at radius 3 is 2.31 bits per heavy atom. The number of carbonyl (C=O) groups excluding carboxylic acids is 2. The van der Waals surface area contributed by atoms with Crippen LogP contribution in [0.3, 0.4) is 0 Å². The SMILES string of the molecule is CC(C)N(CC(=O)N(CCc1c[nH]c2ccccc12)Cc1ccc(F)cc1)C(=O)c1ccccc1. The minimum Gasteiger partial charge on any atom is -0.361 e. The number of aromatic amines is 1. The molecule has 1 aromatic heterocycles. The van der Waals surface area contributed by atoms with Crippen LogP contribution in [0.15, 0.2) is 85.1 Å². The van der Waals surface area contributed by atoms with Crippen molar-refractivity contribution in [1.29, 1.82) is 0 Å². The van der Waals surface area contributed by atoms with Crippen LogP contribution in [-0.2, 0) is 17.8 Å². The van der Waals surface area contributed by atoms with Gasteiger partial charge in [0, 0.05) is 41.8 Å². The maximum absolute atomic E-state index is 13.5. The normalized spacial score (nSPS) is 11.1. The fourth-order valence-electron chi connectivity index (χ4n) is 4.18. The van der Waals surface area contributed by atoms with Crippen LogP contribution >= 0.6 is 0 Å². The summed E-state index contributed by atoms with van der Waals surface area (Å²) >= 11 is 0. The lowest BCUT2D eigenvalue weighted by Crippen LogP contribution is -2.46. The maximum atomic E-state index is 13.5. The fourth-order valence-corrected chi connectivity index (χ4v) is 4.18. The second kappa shape index (κ2) is 11.0. The first-order chi connectivity index (χ1) is 16.9. The zero-order valence-corrected chi connectivity index (χ0v) is 20.1. The molecule has 5 nitrogen and oxygen atoms in total. The molecule has 0 unspecified atom stereocenters. The molecule has 35 heavy (non-hydrogen) atoms. The van der Waals surface area contributed by atoms with Gasteiger partial charge in [0.25, 0.3) is 5.91 Å². The van der Waals surface area contributed by atoms with E-state index in [-0.39, 0.29) is 30.2 Å². The van der Waals surface area contributed by atoms with Crippen molar-refractivity contribution in [1.82, 2.24) is 14.8 Å². The molecule has 0 saturated carbocycles. The van der Waals surface area contributed by atoms with E-state index in [2.05, 4.69) is 11.1 Å². The Morgan fingerprint density at radius 1 is 0.914 bits per heavy atom. The number of aromatic nitrogens is 1. The van der Waals surface area contributed by atoms with Gasteiger partial charge in [-0.15, -0.1) is 0 Å². The summed E-state index contributed by atoms with van der Waals surface area (Å²) in [5.74, 6) is -0.635. The van der Waals surface area contributed by atoms with E-state index in [4.69, 9.17) is 0 Å². The summed E-state index contributed by atoms with van der Waals surface area (Å²) in [6, 6.07) is 23.1. The Labute approximate surface area is 205 Å². The van der Waals surface area contributed by atoms with E-state index in [0.717, 1.165) is 22.0 Å². The number of para-hydroxylation sites is 1. The third-order valence-corrected chi connectivity index (χ3v) is 6.18. The standard InChI is InChI=1S/C29H30FN3O2/c1-21(2)33(29(35)23-8-4-3-5-9-23)20-28(34)32(19-22-12-14-25(30)15-13-22)17-16-24-18-31-27-11-7-6-10-26(24)27/h3-15,18,21,31H,16-17,19-20H2,1-2H3. The molecule has 2 amide bonds. The van der Waals surface area contributed by atoms with E-state index in [0.29, 0.717) is 25.1 Å². The lowest BCUT2D eigenvalue weighted by atomic mass is 10.1. The summed E-state index contributed by atoms with van der Waals surface area (Å²) < 4.78 is 13.4. The zero-order chi connectivity index (χ0) is 24.8. The van der Waals surface area contributed by atoms with Crippen LogP contribution in [0.25, 0.3) is 10.9 Å². The molecule has 0 aliphatic carbocycles. The molecule has 0 fully saturated rings. The number of halogens is 1. The third-order valence-electron chi connectivity index (χ3n) is 6.18. The minimum atomic E-state index is -0.315. The van der Waals surface area contributed by atoms with Crippen molar-refractivity contribution in [2.45, 2.75) is 32.9 Å². The summed E-state index contributed by atoms with van der Waals surface area (Å²) in [4.78, 5) is 33.3. The Hall–Kier alpha value is -3.93. The molecule has 6 heteroatoms. The molecule has 1 N–H and O–H groups in total. The summed E-state index contributed by atoms with van der Waals surface area (Å²) in [5, 5.41) is 1.13. The molecule has 0 atom stereocenters. The van der Waals surface area contributed by atoms with Gasteiger partial charge in [0.15, 0.2) is 0 Å². The molecule has 4 rings (SSSR count). The fraction of sp³-hybridized carbons (Fsp3) is 0.241. The van der Waals surface area contributed by atoms with Gasteiger partial charge in [0.2, 0.25) is 5.91 Å². The first-order valence-corrected chi connectivity index (χ1v) is 11.9. The monoisotopic (exact) mass is 471 g/mol. The van der Waals surface area contributed by atoms with Crippen molar-refractivity contribution < 1.29 is 14.0 Å². The molecular formula is C29H30FN3O2. The predicted octanol–water partition coefficient (Wildman–Crippen LogP) is 5.43. The van der Waals surface area contributed by atoms with Crippen molar-refractivity contribution in [2.24, 2.45) is 0 Å². The van der Waals surface area contributed by atoms with Crippen LogP contribution < -0.4 is 0 Å². The molecule has 180 valence electrons. The van der Waals surface area contributed by atoms with E-state index < -0.39 is 0 Å². The Balaban J connectivity index is 1.54. The zero-order valence-electron chi connectivity index (χ0n) is 20.1. The van der Waals surface area contributed by atoms with Crippen LogP contribution in [-0.4, -0.2) is 45.7 Å². The number of nitrogens with one attached hydrogen (secondary N) is 1. The number of hydrogen-bond donors (Lipinski definition) is 1. The highest BCUT2D eigenvalue weighted by Crippen LogP contribution is 2.19. The molecule has 1 heterocycles. The van der Waals surface area contributed by atoms with E-state index in [1.165, 1.54) is 12.1 Å². The molecule has 0 spiro atoms. The van der Waals surface area contributed by atoms with Crippen LogP contribution in [0.5, 0.6) is 0 Å². The molecule has 3 aromatic carbocycles. The number of hydrogen-bond acceptors (Lipinski definition) is 2. The molecule has 0 bridgehead atoms. The van der Waals surface area contributed by atoms with Gasteiger partial charge in [-0.25, -0.2) is 4.39 Å². The minimum absolute atomic E-state index is 0.0273. The highest BCUT2D eigenvalue weighted by Gasteiger charge is 2.24. The summed E-state index contributed by atoms with van der Waals surface area (Å²) in [6.07, 6.45) is 2.63. The van der Waals surface area contributed by atoms with Crippen molar-refractivity contribution in [3.05, 3.63) is 108 Å². The summed E-state index contributed by atoms with van der Waals surface area (Å²) in [6.45, 7) is 4.60. The van der Waals surface area contributed by atoms with Crippen LogP contribution in [0.1, 0.15) is 35.3 Å². The van der Waals surface area contributed by atoms with Gasteiger partial charge in [-0.05, 0) is 61.7 Å². The molecule has 0 aliphatic heterocycles. The summed E-state index contributed by atoms with van der Waals surface area (Å²) in [7, 11) is 0. The number of fused-ring (bicyclic) bond motifs is 1. The van der Waals surface area contributed by atoms with Crippen molar-refractivity contribution >= 4 is 22.7 Å². The van der Waals surface area contributed by atoms with Crippen LogP contribution in [0.2, 0.25) is 0 Å². The number of amides is 2. The number of benzene rings is 3. The lowest BCUT2D eigenvalue weighted by Gasteiger charge is -2.30. The highest BCUT2D eigenvalue weighted by atomic mass is 19.1. The maximum Gasteiger partial charge on any atom is 0.254 e. The number of nitrogens with zero attached hydrogens (tertiary/aromatic N) is 2. The number of H-pyrrole nitrogens is 1. The van der Waals surface area contributed by atoms with Crippen LogP contribution in [0.4, 0.5) is 4.39 Å². The van der Waals surface area contributed by atoms with E-state index >= 15 is 0 Å². The average Bonchev–Trinajstić information content (AvgIpc) is 3.29. The Kier molecular flexibility index (Phi) is 7.60. The number of rotatable bonds is 9. The topological polar surface area (TPSA) is 56.4 Å². The van der Waals surface area contributed by atoms with Crippen molar-refractivity contribution in [3.63, 3.8) is 0 Å². The Morgan fingerprint density at radius 2 is 1.60 bits per heavy atom. The molecule has 0 saturated heterocycles. The van der Waals surface area contributed by atoms with Gasteiger partial charge in [-0.1, -0.05) is 48.5 Å². The smallest absolute Gasteiger partial charge is 0.254 e. The van der Waals surface area contributed by atoms with E-state index in [1.807, 2.05) is 56.4 Å². The van der Waals surface area contributed by atoms with Gasteiger partial charge in [0.05, 0.1) is 0 Å². The predicted molar refractivity (Wildman–Crippen MR) is 136 cm³/mol. The van der Waals surface area contributed by atoms with Gasteiger partial charge >= 0.3 is 0 Å². The highest BCUT2D eigenvalue weighted by molar-refractivity contribution is 5.96. The van der Waals surface area contributed by atoms with E-state index in [9.17, 15) is 14.0 Å². The van der Waals surface area contributed by atoms with Crippen molar-refractivity contribution in [3.8, 4) is 0 Å². The van der Waals surface area contributed by atoms with Gasteiger partial charge in [0.1, 0.15) is 12.4 Å². The molecular weight excluding hydrogens is 441 g/mol. The quantitative estimate of drug-likeness (QED) is 0.354. The molecule has 0 aliphatic rings. The number of carbonyl (C=O) groups is 2. The second-order valence-corrected chi connectivity index (χ2v) is 8.94. The first kappa shape index (κ1) is 24.2. The van der Waals surface area contributed by atoms with Crippen molar-refractivity contribution in [2.75, 3.05) is 13.1 Å². The first-order valence-electron chi connectivity index (χ1n) is 11.9. The van der Waals surface area contributed by atoms with E-state index in [1.54, 1.807) is 34.1 Å². The van der Waals surface area contributed by atoms with Gasteiger partial charge in [-0.2, -0.15) is 0 Å². The van der Waals surface area contributed by atoms with Gasteiger partial charge < -0.3 is 14.8 Å². The average molecular weight is 472 g/mol. The summed E-state index contributed by atoms with van der Waals surface area (Å²) in [5.41, 5.74) is 3.57. The largest absolute Gasteiger partial charge is 0.361 e. The van der Waals surface area contributed by atoms with Crippen LogP contribution in [0, 0.1) is 5.82 Å². The molecule has 4 aromatic rings. The Bertz CT molecular complexity index is 1280.